The maximum Gasteiger partial charge on any atom is 0.455 e. The first-order valence-electron chi connectivity index (χ1n) is 8.75. The first-order valence-corrected chi connectivity index (χ1v) is 9.66. The lowest BCUT2D eigenvalue weighted by molar-refractivity contribution is -0.278. The Morgan fingerprint density at radius 3 is 2.70 bits per heavy atom. The van der Waals surface area contributed by atoms with Crippen molar-refractivity contribution in [3.63, 3.8) is 0 Å². The van der Waals surface area contributed by atoms with E-state index in [4.69, 9.17) is 4.74 Å². The van der Waals surface area contributed by atoms with Crippen molar-refractivity contribution in [1.29, 1.82) is 0 Å². The van der Waals surface area contributed by atoms with Crippen LogP contribution in [0.2, 0.25) is 0 Å². The average Bonchev–Trinajstić information content (AvgIpc) is 2.93. The number of nitrogens with one attached hydrogen (secondary N) is 1. The lowest BCUT2D eigenvalue weighted by Crippen LogP contribution is -2.47. The van der Waals surface area contributed by atoms with Crippen molar-refractivity contribution in [1.82, 2.24) is 5.32 Å². The molecule has 2 aliphatic rings. The summed E-state index contributed by atoms with van der Waals surface area (Å²) in [5.74, 6) is -5.62. The van der Waals surface area contributed by atoms with Gasteiger partial charge in [-0.15, -0.1) is 0 Å². The molecule has 0 aliphatic heterocycles. The Morgan fingerprint density at radius 1 is 1.44 bits per heavy atom. The zero-order valence-corrected chi connectivity index (χ0v) is 16.7. The van der Waals surface area contributed by atoms with Crippen molar-refractivity contribution in [2.24, 2.45) is 11.3 Å². The molecule has 0 heterocycles. The highest BCUT2D eigenvalue weighted by Crippen LogP contribution is 2.55. The van der Waals surface area contributed by atoms with Crippen LogP contribution in [-0.4, -0.2) is 37.3 Å². The molecule has 3 atom stereocenters. The minimum absolute atomic E-state index is 0.100. The van der Waals surface area contributed by atoms with E-state index in [1.807, 2.05) is 4.99 Å². The van der Waals surface area contributed by atoms with Gasteiger partial charge in [0.25, 0.3) is 0 Å². The summed E-state index contributed by atoms with van der Waals surface area (Å²) in [6.07, 6.45) is -0.143. The molecule has 0 unspecified atom stereocenters. The molecular formula is C18H23BrF5NO2. The molecule has 0 aromatic heterocycles. The molecule has 0 radical (unpaired) electrons. The van der Waals surface area contributed by atoms with Gasteiger partial charge in [-0.1, -0.05) is 34.5 Å². The number of hydrogen-bond donors (Lipinski definition) is 1. The number of carbonyl (C=O) groups excluding carboxylic acids is 1. The molecule has 1 fully saturated rings. The van der Waals surface area contributed by atoms with Crippen LogP contribution in [0.15, 0.2) is 22.2 Å². The second-order valence-corrected chi connectivity index (χ2v) is 7.79. The lowest BCUT2D eigenvalue weighted by Gasteiger charge is -2.42. The molecule has 0 spiro atoms. The summed E-state index contributed by atoms with van der Waals surface area (Å²) in [6, 6.07) is 0. The Balaban J connectivity index is 1.89. The minimum Gasteiger partial charge on any atom is -0.364 e. The number of rotatable bonds is 6. The quantitative estimate of drug-likeness (QED) is 0.442. The van der Waals surface area contributed by atoms with Crippen LogP contribution >= 0.6 is 15.9 Å². The predicted octanol–water partition coefficient (Wildman–Crippen LogP) is 5.12. The fourth-order valence-electron chi connectivity index (χ4n) is 4.06. The van der Waals surface area contributed by atoms with Crippen LogP contribution in [0, 0.1) is 11.3 Å². The van der Waals surface area contributed by atoms with Gasteiger partial charge in [-0.2, -0.15) is 22.0 Å². The van der Waals surface area contributed by atoms with Gasteiger partial charge in [0.05, 0.1) is 12.6 Å². The van der Waals surface area contributed by atoms with Gasteiger partial charge < -0.3 is 10.1 Å². The van der Waals surface area contributed by atoms with Crippen LogP contribution < -0.4 is 5.32 Å². The molecular weight excluding hydrogens is 437 g/mol. The second kappa shape index (κ2) is 8.19. The first kappa shape index (κ1) is 22.3. The zero-order valence-electron chi connectivity index (χ0n) is 15.1. The Labute approximate surface area is 163 Å². The number of fused-ring (bicyclic) bond motifs is 1. The minimum atomic E-state index is -5.70. The van der Waals surface area contributed by atoms with E-state index in [1.54, 1.807) is 12.2 Å². The van der Waals surface area contributed by atoms with Crippen LogP contribution in [0.25, 0.3) is 0 Å². The third-order valence-electron chi connectivity index (χ3n) is 5.58. The summed E-state index contributed by atoms with van der Waals surface area (Å²) in [7, 11) is 0. The number of ether oxygens (including phenoxy) is 1. The van der Waals surface area contributed by atoms with Crippen molar-refractivity contribution in [2.75, 3.05) is 13.2 Å². The Bertz CT molecular complexity index is 632. The second-order valence-electron chi connectivity index (χ2n) is 7.33. The summed E-state index contributed by atoms with van der Waals surface area (Å²) >= 11 is 3.41. The summed E-state index contributed by atoms with van der Waals surface area (Å²) in [6.45, 7) is 1.54. The molecule has 27 heavy (non-hydrogen) atoms. The molecule has 3 nitrogen and oxygen atoms in total. The molecule has 154 valence electrons. The van der Waals surface area contributed by atoms with Gasteiger partial charge >= 0.3 is 12.1 Å². The largest absolute Gasteiger partial charge is 0.455 e. The first-order chi connectivity index (χ1) is 12.4. The van der Waals surface area contributed by atoms with E-state index in [2.05, 4.69) is 28.9 Å². The van der Waals surface area contributed by atoms with Crippen molar-refractivity contribution < 1.29 is 31.5 Å². The van der Waals surface area contributed by atoms with E-state index in [0.29, 0.717) is 5.92 Å². The standard InChI is InChI=1S/C18H23BrF5NO2/c1-11(27-9-15(26)25-10-17(20,21)18(22,23)24)13-5-6-14-12(8-19)4-3-7-16(13,14)2/h5,8,11,14H,3-4,6-7,9-10H2,1-2H3,(H,25,26)/t11-,14-,16+/m0/s1. The highest BCUT2D eigenvalue weighted by Gasteiger charge is 2.57. The van der Waals surface area contributed by atoms with E-state index < -0.39 is 37.3 Å². The number of carbonyl (C=O) groups is 1. The fourth-order valence-corrected chi connectivity index (χ4v) is 4.61. The Morgan fingerprint density at radius 2 is 2.11 bits per heavy atom. The summed E-state index contributed by atoms with van der Waals surface area (Å²) < 4.78 is 67.5. The third kappa shape index (κ3) is 4.72. The summed E-state index contributed by atoms with van der Waals surface area (Å²) in [5, 5.41) is 1.59. The van der Waals surface area contributed by atoms with Gasteiger partial charge in [0.15, 0.2) is 0 Å². The highest BCUT2D eigenvalue weighted by atomic mass is 79.9. The Kier molecular flexibility index (Phi) is 6.77. The van der Waals surface area contributed by atoms with Crippen LogP contribution in [-0.2, 0) is 9.53 Å². The molecule has 0 bridgehead atoms. The van der Waals surface area contributed by atoms with Gasteiger partial charge in [-0.25, -0.2) is 0 Å². The monoisotopic (exact) mass is 459 g/mol. The van der Waals surface area contributed by atoms with E-state index in [0.717, 1.165) is 31.3 Å². The van der Waals surface area contributed by atoms with E-state index in [1.165, 1.54) is 5.57 Å². The molecule has 0 saturated heterocycles. The van der Waals surface area contributed by atoms with Crippen molar-refractivity contribution >= 4 is 21.8 Å². The maximum absolute atomic E-state index is 12.8. The molecule has 0 aromatic rings. The number of hydrogen-bond acceptors (Lipinski definition) is 2. The van der Waals surface area contributed by atoms with Crippen LogP contribution in [0.3, 0.4) is 0 Å². The SMILES string of the molecule is C[C@H](OCC(=O)NCC(F)(F)C(F)(F)F)C1=CC[C@H]2C(=CBr)CCC[C@]12C. The average molecular weight is 460 g/mol. The van der Waals surface area contributed by atoms with Gasteiger partial charge in [0.2, 0.25) is 5.91 Å². The normalized spacial score (nSPS) is 28.7. The highest BCUT2D eigenvalue weighted by molar-refractivity contribution is 9.11. The molecule has 1 saturated carbocycles. The number of alkyl halides is 5. The van der Waals surface area contributed by atoms with E-state index in [9.17, 15) is 26.7 Å². The van der Waals surface area contributed by atoms with Gasteiger partial charge in [-0.3, -0.25) is 4.79 Å². The maximum atomic E-state index is 12.8. The summed E-state index contributed by atoms with van der Waals surface area (Å²) in [5.41, 5.74) is 2.28. The molecule has 9 heteroatoms. The Hall–Kier alpha value is -0.960. The van der Waals surface area contributed by atoms with E-state index >= 15 is 0 Å². The molecule has 2 rings (SSSR count). The topological polar surface area (TPSA) is 38.3 Å². The fraction of sp³-hybridized carbons (Fsp3) is 0.722. The van der Waals surface area contributed by atoms with Crippen LogP contribution in [0.5, 0.6) is 0 Å². The number of allylic oxidation sites excluding steroid dienone is 2. The van der Waals surface area contributed by atoms with Crippen molar-refractivity contribution in [2.45, 2.75) is 57.7 Å². The number of halogens is 6. The molecule has 1 N–H and O–H groups in total. The molecule has 2 aliphatic carbocycles. The van der Waals surface area contributed by atoms with Crippen molar-refractivity contribution in [3.8, 4) is 0 Å². The van der Waals surface area contributed by atoms with Crippen LogP contribution in [0.4, 0.5) is 22.0 Å². The van der Waals surface area contributed by atoms with Crippen LogP contribution in [0.1, 0.15) is 39.5 Å². The molecule has 0 aromatic carbocycles. The lowest BCUT2D eigenvalue weighted by atomic mass is 9.64. The van der Waals surface area contributed by atoms with Gasteiger partial charge in [-0.05, 0) is 54.5 Å². The predicted molar refractivity (Wildman–Crippen MR) is 94.6 cm³/mol. The van der Waals surface area contributed by atoms with E-state index in [-0.39, 0.29) is 5.41 Å². The smallest absolute Gasteiger partial charge is 0.364 e. The third-order valence-corrected chi connectivity index (χ3v) is 6.16. The zero-order chi connectivity index (χ0) is 20.5. The van der Waals surface area contributed by atoms with Crippen molar-refractivity contribution in [3.05, 3.63) is 22.2 Å². The number of amides is 1. The van der Waals surface area contributed by atoms with Gasteiger partial charge in [0, 0.05) is 0 Å². The van der Waals surface area contributed by atoms with Gasteiger partial charge in [0.1, 0.15) is 6.61 Å². The molecule has 1 amide bonds. The summed E-state index contributed by atoms with van der Waals surface area (Å²) in [4.78, 5) is 13.6.